The van der Waals surface area contributed by atoms with E-state index in [0.717, 1.165) is 22.4 Å². The molecule has 0 bridgehead atoms. The molecule has 0 saturated carbocycles. The van der Waals surface area contributed by atoms with Gasteiger partial charge in [0.2, 0.25) is 6.79 Å². The standard InChI is InChI=1S/C19H16BrNO2/c20-15-9-18-17(22-10-23-18)8-14(15)19-13-6-3-5-11(13)12-4-1-2-7-16(12)21-19/h1-5,7-9,11,13,19,21H,6,10H2/t11-,13-,19-/m1/s1. The second-order valence-corrected chi connectivity index (χ2v) is 7.14. The Hall–Kier alpha value is -1.94. The van der Waals surface area contributed by atoms with Gasteiger partial charge >= 0.3 is 0 Å². The average molecular weight is 370 g/mol. The van der Waals surface area contributed by atoms with Crippen LogP contribution in [0.15, 0.2) is 53.0 Å². The van der Waals surface area contributed by atoms with E-state index in [4.69, 9.17) is 9.47 Å². The predicted octanol–water partition coefficient (Wildman–Crippen LogP) is 5.00. The summed E-state index contributed by atoms with van der Waals surface area (Å²) in [5.74, 6) is 2.67. The molecular weight excluding hydrogens is 354 g/mol. The van der Waals surface area contributed by atoms with E-state index >= 15 is 0 Å². The molecule has 0 amide bonds. The van der Waals surface area contributed by atoms with Crippen molar-refractivity contribution in [3.63, 3.8) is 0 Å². The van der Waals surface area contributed by atoms with Gasteiger partial charge in [0, 0.05) is 16.1 Å². The quantitative estimate of drug-likeness (QED) is 0.717. The fourth-order valence-electron chi connectivity index (χ4n) is 4.02. The molecule has 0 aromatic heterocycles. The first-order valence-electron chi connectivity index (χ1n) is 7.92. The van der Waals surface area contributed by atoms with Crippen LogP contribution in [0.25, 0.3) is 0 Å². The Bertz CT molecular complexity index is 817. The van der Waals surface area contributed by atoms with Gasteiger partial charge in [-0.1, -0.05) is 46.3 Å². The number of fused-ring (bicyclic) bond motifs is 4. The first-order chi connectivity index (χ1) is 11.3. The lowest BCUT2D eigenvalue weighted by atomic mass is 9.77. The van der Waals surface area contributed by atoms with Crippen molar-refractivity contribution >= 4 is 21.6 Å². The third-order valence-electron chi connectivity index (χ3n) is 5.10. The van der Waals surface area contributed by atoms with E-state index in [1.807, 2.05) is 6.07 Å². The topological polar surface area (TPSA) is 30.5 Å². The molecular formula is C19H16BrNO2. The van der Waals surface area contributed by atoms with Crippen LogP contribution in [0.3, 0.4) is 0 Å². The molecule has 2 aromatic rings. The number of nitrogens with one attached hydrogen (secondary N) is 1. The number of para-hydroxylation sites is 1. The fraction of sp³-hybridized carbons (Fsp3) is 0.263. The van der Waals surface area contributed by atoms with Crippen molar-refractivity contribution in [2.75, 3.05) is 12.1 Å². The molecule has 1 aliphatic carbocycles. The van der Waals surface area contributed by atoms with Gasteiger partial charge in [-0.3, -0.25) is 0 Å². The van der Waals surface area contributed by atoms with E-state index in [1.54, 1.807) is 0 Å². The van der Waals surface area contributed by atoms with Gasteiger partial charge in [-0.25, -0.2) is 0 Å². The summed E-state index contributed by atoms with van der Waals surface area (Å²) in [5, 5.41) is 3.75. The summed E-state index contributed by atoms with van der Waals surface area (Å²) in [5.41, 5.74) is 3.87. The highest BCUT2D eigenvalue weighted by Crippen LogP contribution is 2.52. The summed E-state index contributed by atoms with van der Waals surface area (Å²) in [6.07, 6.45) is 5.77. The smallest absolute Gasteiger partial charge is 0.231 e. The first-order valence-corrected chi connectivity index (χ1v) is 8.72. The number of hydrogen-bond acceptors (Lipinski definition) is 3. The van der Waals surface area contributed by atoms with Gasteiger partial charge in [0.1, 0.15) is 0 Å². The Morgan fingerprint density at radius 3 is 2.78 bits per heavy atom. The first kappa shape index (κ1) is 13.5. The van der Waals surface area contributed by atoms with Crippen LogP contribution in [0, 0.1) is 5.92 Å². The highest BCUT2D eigenvalue weighted by atomic mass is 79.9. The van der Waals surface area contributed by atoms with Gasteiger partial charge in [0.15, 0.2) is 11.5 Å². The molecule has 0 saturated heterocycles. The van der Waals surface area contributed by atoms with Crippen molar-refractivity contribution in [2.24, 2.45) is 5.92 Å². The van der Waals surface area contributed by atoms with Crippen LogP contribution in [0.1, 0.15) is 29.5 Å². The lowest BCUT2D eigenvalue weighted by Crippen LogP contribution is -2.29. The lowest BCUT2D eigenvalue weighted by Gasteiger charge is -2.38. The van der Waals surface area contributed by atoms with Crippen molar-refractivity contribution < 1.29 is 9.47 Å². The van der Waals surface area contributed by atoms with E-state index in [1.165, 1.54) is 16.8 Å². The van der Waals surface area contributed by atoms with Crippen LogP contribution >= 0.6 is 15.9 Å². The molecule has 0 radical (unpaired) electrons. The normalized spacial score (nSPS) is 26.6. The van der Waals surface area contributed by atoms with E-state index in [2.05, 4.69) is 63.7 Å². The second kappa shape index (κ2) is 5.03. The molecule has 4 heteroatoms. The molecule has 0 spiro atoms. The zero-order chi connectivity index (χ0) is 15.4. The van der Waals surface area contributed by atoms with Crippen LogP contribution in [-0.4, -0.2) is 6.79 Å². The number of benzene rings is 2. The van der Waals surface area contributed by atoms with Crippen molar-refractivity contribution in [1.29, 1.82) is 0 Å². The summed E-state index contributed by atoms with van der Waals surface area (Å²) < 4.78 is 12.1. The van der Waals surface area contributed by atoms with Gasteiger partial charge in [0.05, 0.1) is 6.04 Å². The van der Waals surface area contributed by atoms with Crippen molar-refractivity contribution in [3.8, 4) is 11.5 Å². The number of ether oxygens (including phenoxy) is 2. The van der Waals surface area contributed by atoms with E-state index in [9.17, 15) is 0 Å². The van der Waals surface area contributed by atoms with Gasteiger partial charge < -0.3 is 14.8 Å². The Morgan fingerprint density at radius 2 is 1.87 bits per heavy atom. The van der Waals surface area contributed by atoms with Crippen LogP contribution in [0.4, 0.5) is 5.69 Å². The van der Waals surface area contributed by atoms with Gasteiger partial charge in [-0.15, -0.1) is 0 Å². The van der Waals surface area contributed by atoms with Gasteiger partial charge in [-0.05, 0) is 41.7 Å². The monoisotopic (exact) mass is 369 g/mol. The SMILES string of the molecule is Brc1cc2c(cc1[C@@H]1Nc3ccccc3[C@H]3C=CC[C@H]31)OCO2. The molecule has 3 atom stereocenters. The number of anilines is 1. The number of rotatable bonds is 1. The molecule has 2 aliphatic heterocycles. The minimum atomic E-state index is 0.258. The average Bonchev–Trinajstić information content (AvgIpc) is 3.22. The predicted molar refractivity (Wildman–Crippen MR) is 93.1 cm³/mol. The van der Waals surface area contributed by atoms with E-state index in [-0.39, 0.29) is 6.04 Å². The zero-order valence-electron chi connectivity index (χ0n) is 12.5. The lowest BCUT2D eigenvalue weighted by molar-refractivity contribution is 0.174. The highest BCUT2D eigenvalue weighted by molar-refractivity contribution is 9.10. The van der Waals surface area contributed by atoms with Gasteiger partial charge in [0.25, 0.3) is 0 Å². The molecule has 3 nitrogen and oxygen atoms in total. The van der Waals surface area contributed by atoms with Crippen LogP contribution in [0.5, 0.6) is 11.5 Å². The Labute approximate surface area is 143 Å². The van der Waals surface area contributed by atoms with E-state index in [0.29, 0.717) is 18.6 Å². The second-order valence-electron chi connectivity index (χ2n) is 6.29. The van der Waals surface area contributed by atoms with Crippen molar-refractivity contribution in [2.45, 2.75) is 18.4 Å². The molecule has 0 fully saturated rings. The van der Waals surface area contributed by atoms with Crippen molar-refractivity contribution in [1.82, 2.24) is 0 Å². The molecule has 3 aliphatic rings. The molecule has 0 unspecified atom stereocenters. The Balaban J connectivity index is 1.62. The van der Waals surface area contributed by atoms with Crippen LogP contribution in [-0.2, 0) is 0 Å². The summed E-state index contributed by atoms with van der Waals surface area (Å²) in [6.45, 7) is 0.305. The minimum absolute atomic E-state index is 0.258. The fourth-order valence-corrected chi connectivity index (χ4v) is 4.59. The van der Waals surface area contributed by atoms with Crippen molar-refractivity contribution in [3.05, 3.63) is 64.1 Å². The largest absolute Gasteiger partial charge is 0.454 e. The summed E-state index contributed by atoms with van der Waals surface area (Å²) in [7, 11) is 0. The third kappa shape index (κ3) is 2.01. The highest BCUT2D eigenvalue weighted by Gasteiger charge is 2.38. The summed E-state index contributed by atoms with van der Waals surface area (Å²) in [6, 6.07) is 13.0. The molecule has 116 valence electrons. The maximum atomic E-state index is 5.58. The minimum Gasteiger partial charge on any atom is -0.454 e. The number of halogens is 1. The number of allylic oxidation sites excluding steroid dienone is 2. The molecule has 2 heterocycles. The molecule has 1 N–H and O–H groups in total. The van der Waals surface area contributed by atoms with Gasteiger partial charge in [-0.2, -0.15) is 0 Å². The Morgan fingerprint density at radius 1 is 1.04 bits per heavy atom. The van der Waals surface area contributed by atoms with Crippen LogP contribution in [0.2, 0.25) is 0 Å². The van der Waals surface area contributed by atoms with Crippen LogP contribution < -0.4 is 14.8 Å². The molecule has 23 heavy (non-hydrogen) atoms. The third-order valence-corrected chi connectivity index (χ3v) is 5.79. The number of hydrogen-bond donors (Lipinski definition) is 1. The maximum absolute atomic E-state index is 5.58. The molecule has 5 rings (SSSR count). The summed E-state index contributed by atoms with van der Waals surface area (Å²) >= 11 is 3.73. The maximum Gasteiger partial charge on any atom is 0.231 e. The van der Waals surface area contributed by atoms with E-state index < -0.39 is 0 Å². The Kier molecular flexibility index (Phi) is 2.95. The molecule has 2 aromatic carbocycles. The summed E-state index contributed by atoms with van der Waals surface area (Å²) in [4.78, 5) is 0. The zero-order valence-corrected chi connectivity index (χ0v) is 14.0.